The Kier molecular flexibility index (Phi) is 5.24. The lowest BCUT2D eigenvalue weighted by Gasteiger charge is -2.44. The molecule has 6 heteroatoms. The van der Waals surface area contributed by atoms with Gasteiger partial charge >= 0.3 is 12.1 Å². The summed E-state index contributed by atoms with van der Waals surface area (Å²) in [6.07, 6.45) is -1.51. The lowest BCUT2D eigenvalue weighted by atomic mass is 9.67. The molecule has 1 aliphatic carbocycles. The summed E-state index contributed by atoms with van der Waals surface area (Å²) < 4.78 is 42.2. The SMILES string of the molecule is COC(=O)C1(NCC(F)(F)F)CCCCC1C(C)C. The van der Waals surface area contributed by atoms with Crippen molar-refractivity contribution in [3.05, 3.63) is 0 Å². The van der Waals surface area contributed by atoms with Crippen LogP contribution in [0.15, 0.2) is 0 Å². The summed E-state index contributed by atoms with van der Waals surface area (Å²) in [5.41, 5.74) is -1.20. The Balaban J connectivity index is 2.98. The smallest absolute Gasteiger partial charge is 0.401 e. The molecule has 0 bridgehead atoms. The molecule has 0 heterocycles. The van der Waals surface area contributed by atoms with Crippen LogP contribution in [-0.2, 0) is 9.53 Å². The second kappa shape index (κ2) is 6.11. The van der Waals surface area contributed by atoms with Crippen molar-refractivity contribution in [3.63, 3.8) is 0 Å². The van der Waals surface area contributed by atoms with Gasteiger partial charge in [-0.2, -0.15) is 13.2 Å². The van der Waals surface area contributed by atoms with Crippen molar-refractivity contribution in [1.29, 1.82) is 0 Å². The predicted octanol–water partition coefficient (Wildman–Crippen LogP) is 2.90. The fraction of sp³-hybridized carbons (Fsp3) is 0.923. The molecule has 19 heavy (non-hydrogen) atoms. The van der Waals surface area contributed by atoms with Crippen molar-refractivity contribution >= 4 is 5.97 Å². The molecule has 0 aromatic carbocycles. The number of esters is 1. The summed E-state index contributed by atoms with van der Waals surface area (Å²) in [7, 11) is 1.23. The van der Waals surface area contributed by atoms with Gasteiger partial charge in [0.25, 0.3) is 0 Å². The molecular weight excluding hydrogens is 259 g/mol. The molecule has 0 amide bonds. The maximum atomic E-state index is 12.5. The molecular formula is C13H22F3NO2. The Labute approximate surface area is 111 Å². The van der Waals surface area contributed by atoms with Crippen molar-refractivity contribution in [2.75, 3.05) is 13.7 Å². The van der Waals surface area contributed by atoms with E-state index in [0.29, 0.717) is 6.42 Å². The second-order valence-corrected chi connectivity index (χ2v) is 5.53. The van der Waals surface area contributed by atoms with Crippen molar-refractivity contribution in [3.8, 4) is 0 Å². The van der Waals surface area contributed by atoms with E-state index in [4.69, 9.17) is 4.74 Å². The Hall–Kier alpha value is -0.780. The number of carbonyl (C=O) groups excluding carboxylic acids is 1. The van der Waals surface area contributed by atoms with Crippen molar-refractivity contribution in [2.24, 2.45) is 11.8 Å². The van der Waals surface area contributed by atoms with Crippen LogP contribution in [0.2, 0.25) is 0 Å². The molecule has 3 nitrogen and oxygen atoms in total. The van der Waals surface area contributed by atoms with Gasteiger partial charge in [-0.1, -0.05) is 26.7 Å². The molecule has 0 radical (unpaired) electrons. The topological polar surface area (TPSA) is 38.3 Å². The number of hydrogen-bond donors (Lipinski definition) is 1. The van der Waals surface area contributed by atoms with Crippen molar-refractivity contribution < 1.29 is 22.7 Å². The van der Waals surface area contributed by atoms with E-state index in [2.05, 4.69) is 5.32 Å². The quantitative estimate of drug-likeness (QED) is 0.805. The average molecular weight is 281 g/mol. The summed E-state index contributed by atoms with van der Waals surface area (Å²) in [5, 5.41) is 2.46. The molecule has 0 spiro atoms. The number of methoxy groups -OCH3 is 1. The first-order valence-corrected chi connectivity index (χ1v) is 6.63. The zero-order chi connectivity index (χ0) is 14.7. The molecule has 1 aliphatic rings. The fourth-order valence-corrected chi connectivity index (χ4v) is 3.09. The number of ether oxygens (including phenoxy) is 1. The number of hydrogen-bond acceptors (Lipinski definition) is 3. The van der Waals surface area contributed by atoms with Gasteiger partial charge in [0.05, 0.1) is 13.7 Å². The van der Waals surface area contributed by atoms with Crippen LogP contribution >= 0.6 is 0 Å². The van der Waals surface area contributed by atoms with Gasteiger partial charge in [0, 0.05) is 0 Å². The Morgan fingerprint density at radius 1 is 1.42 bits per heavy atom. The van der Waals surface area contributed by atoms with Gasteiger partial charge in [0.15, 0.2) is 0 Å². The fourth-order valence-electron chi connectivity index (χ4n) is 3.09. The van der Waals surface area contributed by atoms with Crippen molar-refractivity contribution in [2.45, 2.75) is 51.2 Å². The van der Waals surface area contributed by atoms with Gasteiger partial charge in [0.1, 0.15) is 5.54 Å². The van der Waals surface area contributed by atoms with Crippen LogP contribution in [0.4, 0.5) is 13.2 Å². The Morgan fingerprint density at radius 3 is 2.53 bits per heavy atom. The molecule has 1 fully saturated rings. The molecule has 0 aromatic rings. The summed E-state index contributed by atoms with van der Waals surface area (Å²) in [5.74, 6) is -0.577. The van der Waals surface area contributed by atoms with E-state index < -0.39 is 24.2 Å². The Bertz CT molecular complexity index is 318. The van der Waals surface area contributed by atoms with Gasteiger partial charge in [-0.3, -0.25) is 10.1 Å². The van der Waals surface area contributed by atoms with Crippen LogP contribution in [0.3, 0.4) is 0 Å². The zero-order valence-electron chi connectivity index (χ0n) is 11.6. The highest BCUT2D eigenvalue weighted by atomic mass is 19.4. The van der Waals surface area contributed by atoms with Gasteiger partial charge < -0.3 is 4.74 Å². The molecule has 0 aliphatic heterocycles. The monoisotopic (exact) mass is 281 g/mol. The van der Waals surface area contributed by atoms with Crippen molar-refractivity contribution in [1.82, 2.24) is 5.32 Å². The first-order chi connectivity index (χ1) is 8.73. The number of carbonyl (C=O) groups is 1. The minimum Gasteiger partial charge on any atom is -0.468 e. The summed E-state index contributed by atoms with van der Waals surface area (Å²) in [4.78, 5) is 12.1. The number of alkyl halides is 3. The van der Waals surface area contributed by atoms with E-state index in [1.165, 1.54) is 7.11 Å². The highest BCUT2D eigenvalue weighted by molar-refractivity contribution is 5.81. The van der Waals surface area contributed by atoms with Gasteiger partial charge in [-0.05, 0) is 24.7 Å². The van der Waals surface area contributed by atoms with Gasteiger partial charge in [-0.25, -0.2) is 0 Å². The summed E-state index contributed by atoms with van der Waals surface area (Å²) in [6, 6.07) is 0. The Morgan fingerprint density at radius 2 is 2.05 bits per heavy atom. The number of halogens is 3. The van der Waals surface area contributed by atoms with Crippen LogP contribution < -0.4 is 5.32 Å². The van der Waals surface area contributed by atoms with E-state index in [1.54, 1.807) is 0 Å². The molecule has 2 unspecified atom stereocenters. The normalized spacial score (nSPS) is 28.5. The number of rotatable bonds is 4. The second-order valence-electron chi connectivity index (χ2n) is 5.53. The van der Waals surface area contributed by atoms with E-state index in [1.807, 2.05) is 13.8 Å². The summed E-state index contributed by atoms with van der Waals surface area (Å²) in [6.45, 7) is 2.71. The first-order valence-electron chi connectivity index (χ1n) is 6.63. The standard InChI is InChI=1S/C13H22F3NO2/c1-9(2)10-6-4-5-7-12(10,11(18)19-3)17-8-13(14,15)16/h9-10,17H,4-8H2,1-3H3. The first kappa shape index (κ1) is 16.3. The molecule has 112 valence electrons. The molecule has 0 saturated heterocycles. The zero-order valence-corrected chi connectivity index (χ0v) is 11.6. The maximum Gasteiger partial charge on any atom is 0.401 e. The van der Waals surface area contributed by atoms with Crippen LogP contribution in [0, 0.1) is 11.8 Å². The number of nitrogens with one attached hydrogen (secondary N) is 1. The molecule has 1 rings (SSSR count). The van der Waals surface area contributed by atoms with E-state index in [0.717, 1.165) is 19.3 Å². The average Bonchev–Trinajstić information content (AvgIpc) is 2.34. The van der Waals surface area contributed by atoms with E-state index in [-0.39, 0.29) is 11.8 Å². The van der Waals surface area contributed by atoms with Crippen LogP contribution in [0.1, 0.15) is 39.5 Å². The minimum absolute atomic E-state index is 0.125. The third-order valence-electron chi connectivity index (χ3n) is 3.93. The predicted molar refractivity (Wildman–Crippen MR) is 65.6 cm³/mol. The molecule has 1 N–H and O–H groups in total. The third kappa shape index (κ3) is 3.84. The highest BCUT2D eigenvalue weighted by Crippen LogP contribution is 2.39. The molecule has 0 aromatic heterocycles. The third-order valence-corrected chi connectivity index (χ3v) is 3.93. The van der Waals surface area contributed by atoms with Crippen LogP contribution in [0.5, 0.6) is 0 Å². The lowest BCUT2D eigenvalue weighted by Crippen LogP contribution is -2.62. The highest BCUT2D eigenvalue weighted by Gasteiger charge is 2.50. The summed E-state index contributed by atoms with van der Waals surface area (Å²) >= 11 is 0. The molecule has 1 saturated carbocycles. The van der Waals surface area contributed by atoms with E-state index >= 15 is 0 Å². The minimum atomic E-state index is -4.33. The van der Waals surface area contributed by atoms with Crippen LogP contribution in [-0.4, -0.2) is 31.3 Å². The van der Waals surface area contributed by atoms with Gasteiger partial charge in [-0.15, -0.1) is 0 Å². The largest absolute Gasteiger partial charge is 0.468 e. The van der Waals surface area contributed by atoms with Crippen LogP contribution in [0.25, 0.3) is 0 Å². The lowest BCUT2D eigenvalue weighted by molar-refractivity contribution is -0.160. The molecule has 2 atom stereocenters. The van der Waals surface area contributed by atoms with Gasteiger partial charge in [0.2, 0.25) is 0 Å². The maximum absolute atomic E-state index is 12.5. The van der Waals surface area contributed by atoms with E-state index in [9.17, 15) is 18.0 Å².